The Kier molecular flexibility index (Phi) is 4.80. The quantitative estimate of drug-likeness (QED) is 0.617. The second-order valence-electron chi connectivity index (χ2n) is 8.14. The third-order valence-corrected chi connectivity index (χ3v) is 7.06. The first-order valence-electron chi connectivity index (χ1n) is 9.68. The Labute approximate surface area is 178 Å². The van der Waals surface area contributed by atoms with Crippen LogP contribution in [0.15, 0.2) is 46.9 Å². The number of halogens is 1. The fraction of sp³-hybridized carbons (Fsp3) is 0.364. The van der Waals surface area contributed by atoms with Crippen LogP contribution in [-0.4, -0.2) is 54.2 Å². The second kappa shape index (κ2) is 6.93. The summed E-state index contributed by atoms with van der Waals surface area (Å²) in [5, 5.41) is 16.4. The summed E-state index contributed by atoms with van der Waals surface area (Å²) in [5.41, 5.74) is 2.21. The zero-order chi connectivity index (χ0) is 21.0. The summed E-state index contributed by atoms with van der Waals surface area (Å²) in [7, 11) is 3.51. The highest BCUT2D eigenvalue weighted by Gasteiger charge is 2.68. The summed E-state index contributed by atoms with van der Waals surface area (Å²) in [6.07, 6.45) is -0.368. The summed E-state index contributed by atoms with van der Waals surface area (Å²) in [4.78, 5) is 26.7. The highest BCUT2D eigenvalue weighted by atomic mass is 79.9. The van der Waals surface area contributed by atoms with Crippen molar-refractivity contribution >= 4 is 33.4 Å². The van der Waals surface area contributed by atoms with Gasteiger partial charge < -0.3 is 15.7 Å². The Morgan fingerprint density at radius 3 is 2.69 bits per heavy atom. The molecule has 152 valence electrons. The lowest BCUT2D eigenvalue weighted by molar-refractivity contribution is -0.953. The zero-order valence-electron chi connectivity index (χ0n) is 16.7. The molecule has 2 aliphatic rings. The number of carbonyl (C=O) groups is 2. The molecule has 6 nitrogen and oxygen atoms in total. The van der Waals surface area contributed by atoms with E-state index in [1.54, 1.807) is 7.05 Å². The van der Waals surface area contributed by atoms with Crippen LogP contribution < -0.4 is 10.6 Å². The maximum absolute atomic E-state index is 13.8. The molecule has 2 unspecified atom stereocenters. The summed E-state index contributed by atoms with van der Waals surface area (Å²) < 4.78 is 0.932. The van der Waals surface area contributed by atoms with Crippen LogP contribution in [0.3, 0.4) is 0 Å². The number of aryl methyl sites for hydroxylation is 1. The Bertz CT molecular complexity index is 1010. The molecule has 1 saturated heterocycles. The summed E-state index contributed by atoms with van der Waals surface area (Å²) in [6, 6.07) is 13.0. The van der Waals surface area contributed by atoms with Crippen molar-refractivity contribution in [1.82, 2.24) is 5.32 Å². The molecule has 4 atom stereocenters. The molecule has 2 heterocycles. The molecule has 0 radical (unpaired) electrons. The third-order valence-electron chi connectivity index (χ3n) is 6.57. The number of nitrogens with one attached hydrogen (secondary N) is 2. The largest absolute Gasteiger partial charge is 0.387 e. The van der Waals surface area contributed by atoms with E-state index in [4.69, 9.17) is 0 Å². The van der Waals surface area contributed by atoms with Gasteiger partial charge in [-0.15, -0.1) is 0 Å². The molecule has 2 aromatic carbocycles. The van der Waals surface area contributed by atoms with Crippen LogP contribution >= 0.6 is 15.9 Å². The molecule has 29 heavy (non-hydrogen) atoms. The van der Waals surface area contributed by atoms with Crippen molar-refractivity contribution in [1.29, 1.82) is 0 Å². The molecule has 0 aromatic heterocycles. The lowest BCUT2D eigenvalue weighted by Crippen LogP contribution is -2.68. The van der Waals surface area contributed by atoms with Gasteiger partial charge >= 0.3 is 0 Å². The Morgan fingerprint density at radius 2 is 2.00 bits per heavy atom. The number of amides is 2. The van der Waals surface area contributed by atoms with E-state index in [1.165, 1.54) is 0 Å². The maximum Gasteiger partial charge on any atom is 0.295 e. The van der Waals surface area contributed by atoms with Gasteiger partial charge in [0.15, 0.2) is 6.04 Å². The Morgan fingerprint density at radius 1 is 1.28 bits per heavy atom. The number of benzene rings is 2. The smallest absolute Gasteiger partial charge is 0.295 e. The number of likely N-dealkylation sites (tertiary alicyclic amines) is 1. The lowest BCUT2D eigenvalue weighted by atomic mass is 9.77. The molecule has 3 N–H and O–H groups in total. The average molecular weight is 459 g/mol. The predicted octanol–water partition coefficient (Wildman–Crippen LogP) is 2.28. The SMILES string of the molecule is CNC(=O)[C@@H]1C[C@@H](O)C[N+]1(C)C1(c2ccccc2C)C(=O)Nc2ccc(Br)cc21. The van der Waals surface area contributed by atoms with Crippen molar-refractivity contribution in [2.24, 2.45) is 0 Å². The molecule has 1 fully saturated rings. The number of nitrogens with zero attached hydrogens (tertiary/aromatic N) is 1. The van der Waals surface area contributed by atoms with E-state index < -0.39 is 17.7 Å². The predicted molar refractivity (Wildman–Crippen MR) is 114 cm³/mol. The first-order valence-corrected chi connectivity index (χ1v) is 10.5. The van der Waals surface area contributed by atoms with Crippen molar-refractivity contribution in [2.75, 3.05) is 26.0 Å². The highest BCUT2D eigenvalue weighted by molar-refractivity contribution is 9.10. The van der Waals surface area contributed by atoms with E-state index in [1.807, 2.05) is 56.4 Å². The van der Waals surface area contributed by atoms with Crippen molar-refractivity contribution in [2.45, 2.75) is 31.0 Å². The van der Waals surface area contributed by atoms with Crippen LogP contribution in [0, 0.1) is 6.92 Å². The van der Waals surface area contributed by atoms with Crippen LogP contribution in [0.25, 0.3) is 0 Å². The number of carbonyl (C=O) groups excluding carboxylic acids is 2. The van der Waals surface area contributed by atoms with Crippen LogP contribution in [0.1, 0.15) is 23.1 Å². The number of fused-ring (bicyclic) bond motifs is 1. The van der Waals surface area contributed by atoms with Gasteiger partial charge in [0.2, 0.25) is 5.54 Å². The van der Waals surface area contributed by atoms with Gasteiger partial charge in [-0.05, 0) is 30.7 Å². The normalized spacial score (nSPS) is 30.7. The summed E-state index contributed by atoms with van der Waals surface area (Å²) >= 11 is 3.55. The number of anilines is 1. The molecular weight excluding hydrogens is 434 g/mol. The first-order chi connectivity index (χ1) is 13.8. The van der Waals surface area contributed by atoms with E-state index in [0.29, 0.717) is 13.0 Å². The Balaban J connectivity index is 2.10. The zero-order valence-corrected chi connectivity index (χ0v) is 18.3. The maximum atomic E-state index is 13.8. The monoisotopic (exact) mass is 458 g/mol. The van der Waals surface area contributed by atoms with Crippen LogP contribution in [0.5, 0.6) is 0 Å². The fourth-order valence-corrected chi connectivity index (χ4v) is 5.68. The van der Waals surface area contributed by atoms with Crippen molar-refractivity contribution < 1.29 is 19.2 Å². The molecular formula is C22H25BrN3O3+. The minimum absolute atomic E-state index is 0.0774. The van der Waals surface area contributed by atoms with Crippen molar-refractivity contribution in [3.05, 3.63) is 63.6 Å². The minimum atomic E-state index is -1.15. The first kappa shape index (κ1) is 20.1. The molecule has 2 aliphatic heterocycles. The topological polar surface area (TPSA) is 78.4 Å². The number of likely N-dealkylation sites (N-methyl/N-ethyl adjacent to an activating group) is 2. The number of aliphatic hydroxyl groups excluding tert-OH is 1. The standard InChI is InChI=1S/C22H24BrN3O3/c1-13-6-4-5-7-16(13)22(17-10-14(23)8-9-18(17)25-21(22)29)26(3)12-15(27)11-19(26)20(28)24-2/h4-10,15,19,27H,11-12H2,1-3H3,(H-,24,25,28,29)/p+1/t15-,19+,22?,26?/m1/s1. The van der Waals surface area contributed by atoms with E-state index in [-0.39, 0.29) is 16.3 Å². The highest BCUT2D eigenvalue weighted by Crippen LogP contribution is 2.53. The lowest BCUT2D eigenvalue weighted by Gasteiger charge is -2.48. The van der Waals surface area contributed by atoms with Gasteiger partial charge in [0, 0.05) is 23.5 Å². The van der Waals surface area contributed by atoms with E-state index in [9.17, 15) is 14.7 Å². The van der Waals surface area contributed by atoms with E-state index >= 15 is 0 Å². The Hall–Kier alpha value is -2.22. The minimum Gasteiger partial charge on any atom is -0.387 e. The number of hydrogen-bond acceptors (Lipinski definition) is 3. The molecule has 0 spiro atoms. The van der Waals surface area contributed by atoms with E-state index in [0.717, 1.165) is 26.9 Å². The van der Waals surface area contributed by atoms with Gasteiger partial charge in [-0.2, -0.15) is 0 Å². The van der Waals surface area contributed by atoms with Crippen molar-refractivity contribution in [3.8, 4) is 0 Å². The number of aliphatic hydroxyl groups is 1. The molecule has 0 bridgehead atoms. The summed E-state index contributed by atoms with van der Waals surface area (Å²) in [5.74, 6) is -0.348. The van der Waals surface area contributed by atoms with Gasteiger partial charge in [0.25, 0.3) is 11.8 Å². The third kappa shape index (κ3) is 2.68. The van der Waals surface area contributed by atoms with Gasteiger partial charge in [0.05, 0.1) is 18.3 Å². The average Bonchev–Trinajstić information content (AvgIpc) is 3.15. The number of quaternary nitrogens is 1. The molecule has 4 rings (SSSR count). The van der Waals surface area contributed by atoms with Gasteiger partial charge in [-0.1, -0.05) is 40.2 Å². The fourth-order valence-electron chi connectivity index (χ4n) is 5.32. The van der Waals surface area contributed by atoms with Crippen molar-refractivity contribution in [3.63, 3.8) is 0 Å². The van der Waals surface area contributed by atoms with Gasteiger partial charge in [-0.3, -0.25) is 14.1 Å². The van der Waals surface area contributed by atoms with Gasteiger partial charge in [-0.25, -0.2) is 0 Å². The van der Waals surface area contributed by atoms with Gasteiger partial charge in [0.1, 0.15) is 12.6 Å². The molecule has 2 aromatic rings. The number of hydrogen-bond donors (Lipinski definition) is 3. The van der Waals surface area contributed by atoms with Crippen LogP contribution in [-0.2, 0) is 15.1 Å². The molecule has 0 aliphatic carbocycles. The van der Waals surface area contributed by atoms with Crippen LogP contribution in [0.2, 0.25) is 0 Å². The molecule has 2 amide bonds. The molecule has 0 saturated carbocycles. The summed E-state index contributed by atoms with van der Waals surface area (Å²) in [6.45, 7) is 2.28. The second-order valence-corrected chi connectivity index (χ2v) is 9.06. The van der Waals surface area contributed by atoms with Crippen LogP contribution in [0.4, 0.5) is 5.69 Å². The number of rotatable bonds is 3. The van der Waals surface area contributed by atoms with E-state index in [2.05, 4.69) is 26.6 Å². The molecule has 7 heteroatoms.